The number of ether oxygens (including phenoxy) is 1. The summed E-state index contributed by atoms with van der Waals surface area (Å²) in [5, 5.41) is 1.03. The topological polar surface area (TPSA) is 22.1 Å². The summed E-state index contributed by atoms with van der Waals surface area (Å²) in [7, 11) is 0. The molecule has 0 atom stereocenters. The molecule has 1 aromatic heterocycles. The van der Waals surface area contributed by atoms with E-state index in [0.717, 1.165) is 28.6 Å². The number of hydrogen-bond acceptors (Lipinski definition) is 4. The Morgan fingerprint density at radius 3 is 2.42 bits per heavy atom. The zero-order valence-electron chi connectivity index (χ0n) is 11.6. The van der Waals surface area contributed by atoms with Crippen molar-refractivity contribution in [1.29, 1.82) is 0 Å². The molecular weight excluding hydrogens is 274 g/mol. The molecule has 0 aliphatic carbocycles. The van der Waals surface area contributed by atoms with E-state index in [-0.39, 0.29) is 0 Å². The highest BCUT2D eigenvalue weighted by atomic mass is 32.1. The van der Waals surface area contributed by atoms with E-state index in [4.69, 9.17) is 4.74 Å². The van der Waals surface area contributed by atoms with Crippen LogP contribution >= 0.6 is 24.0 Å². The van der Waals surface area contributed by atoms with E-state index < -0.39 is 0 Å². The van der Waals surface area contributed by atoms with Crippen LogP contribution in [0.1, 0.15) is 33.6 Å². The summed E-state index contributed by atoms with van der Waals surface area (Å²) in [6.07, 6.45) is 0.954. The van der Waals surface area contributed by atoms with E-state index in [9.17, 15) is 0 Å². The lowest BCUT2D eigenvalue weighted by Gasteiger charge is -2.06. The molecule has 0 aliphatic heterocycles. The second-order valence-corrected chi connectivity index (χ2v) is 6.09. The fraction of sp³-hybridized carbons (Fsp3) is 0.400. The second-order valence-electron chi connectivity index (χ2n) is 4.60. The highest BCUT2D eigenvalue weighted by molar-refractivity contribution is 7.79. The van der Waals surface area contributed by atoms with E-state index in [2.05, 4.69) is 56.6 Å². The van der Waals surface area contributed by atoms with E-state index >= 15 is 0 Å². The quantitative estimate of drug-likeness (QED) is 0.829. The van der Waals surface area contributed by atoms with Gasteiger partial charge >= 0.3 is 0 Å². The van der Waals surface area contributed by atoms with Crippen molar-refractivity contribution in [3.8, 4) is 5.75 Å². The number of nitrogens with zero attached hydrogens (tertiary/aromatic N) is 1. The highest BCUT2D eigenvalue weighted by Gasteiger charge is 2.09. The average molecular weight is 293 g/mol. The zero-order valence-corrected chi connectivity index (χ0v) is 13.3. The molecule has 4 heteroatoms. The van der Waals surface area contributed by atoms with Crippen molar-refractivity contribution in [2.45, 2.75) is 39.6 Å². The van der Waals surface area contributed by atoms with Crippen LogP contribution in [-0.2, 0) is 18.8 Å². The fourth-order valence-electron chi connectivity index (χ4n) is 2.06. The normalized spacial score (nSPS) is 10.7. The number of benzene rings is 1. The van der Waals surface area contributed by atoms with Crippen molar-refractivity contribution in [1.82, 2.24) is 4.98 Å². The first-order valence-electron chi connectivity index (χ1n) is 6.41. The summed E-state index contributed by atoms with van der Waals surface area (Å²) in [5.74, 6) is 1.67. The van der Waals surface area contributed by atoms with Crippen LogP contribution in [0.25, 0.3) is 0 Å². The molecule has 0 unspecified atom stereocenters. The summed E-state index contributed by atoms with van der Waals surface area (Å²) in [6.45, 7) is 6.82. The van der Waals surface area contributed by atoms with Crippen molar-refractivity contribution in [3.63, 3.8) is 0 Å². The Morgan fingerprint density at radius 2 is 1.89 bits per heavy atom. The minimum Gasteiger partial charge on any atom is -0.486 e. The molecule has 2 rings (SSSR count). The van der Waals surface area contributed by atoms with Crippen LogP contribution in [0.15, 0.2) is 18.2 Å². The fourth-order valence-corrected chi connectivity index (χ4v) is 3.37. The number of thiol groups is 1. The molecule has 1 aromatic carbocycles. The van der Waals surface area contributed by atoms with Crippen LogP contribution in [0.3, 0.4) is 0 Å². The lowest BCUT2D eigenvalue weighted by molar-refractivity contribution is 0.305. The number of aryl methyl sites for hydroxylation is 3. The largest absolute Gasteiger partial charge is 0.486 e. The number of aromatic nitrogens is 1. The van der Waals surface area contributed by atoms with Gasteiger partial charge in [0.15, 0.2) is 0 Å². The van der Waals surface area contributed by atoms with Crippen LogP contribution in [0.4, 0.5) is 0 Å². The third-order valence-corrected chi connectivity index (χ3v) is 4.46. The molecule has 1 heterocycles. The van der Waals surface area contributed by atoms with Gasteiger partial charge in [-0.15, -0.1) is 11.3 Å². The van der Waals surface area contributed by atoms with Gasteiger partial charge in [0.2, 0.25) is 0 Å². The van der Waals surface area contributed by atoms with Gasteiger partial charge in [-0.05, 0) is 43.5 Å². The molecule has 2 aromatic rings. The lowest BCUT2D eigenvalue weighted by Crippen LogP contribution is -1.96. The van der Waals surface area contributed by atoms with Gasteiger partial charge in [-0.3, -0.25) is 0 Å². The summed E-state index contributed by atoms with van der Waals surface area (Å²) in [5.41, 5.74) is 3.60. The maximum Gasteiger partial charge on any atom is 0.140 e. The second kappa shape index (κ2) is 6.44. The van der Waals surface area contributed by atoms with Crippen molar-refractivity contribution in [2.24, 2.45) is 0 Å². The van der Waals surface area contributed by atoms with E-state index in [0.29, 0.717) is 6.61 Å². The minimum atomic E-state index is 0.536. The Balaban J connectivity index is 2.07. The summed E-state index contributed by atoms with van der Waals surface area (Å²) in [6, 6.07) is 6.26. The van der Waals surface area contributed by atoms with Gasteiger partial charge in [0.05, 0.1) is 5.69 Å². The van der Waals surface area contributed by atoms with Gasteiger partial charge in [0.25, 0.3) is 0 Å². The van der Waals surface area contributed by atoms with Gasteiger partial charge in [0, 0.05) is 10.6 Å². The molecule has 0 saturated heterocycles. The molecule has 0 aliphatic rings. The van der Waals surface area contributed by atoms with Crippen LogP contribution in [0, 0.1) is 13.8 Å². The average Bonchev–Trinajstić information content (AvgIpc) is 2.77. The first kappa shape index (κ1) is 14.4. The van der Waals surface area contributed by atoms with Crippen LogP contribution in [0.2, 0.25) is 0 Å². The number of rotatable bonds is 5. The maximum absolute atomic E-state index is 5.83. The van der Waals surface area contributed by atoms with Gasteiger partial charge in [-0.1, -0.05) is 13.0 Å². The predicted molar refractivity (Wildman–Crippen MR) is 84.4 cm³/mol. The Bertz CT molecular complexity index is 522. The lowest BCUT2D eigenvalue weighted by atomic mass is 10.1. The summed E-state index contributed by atoms with van der Waals surface area (Å²) < 4.78 is 5.83. The molecule has 0 N–H and O–H groups in total. The van der Waals surface area contributed by atoms with Gasteiger partial charge in [0.1, 0.15) is 17.4 Å². The van der Waals surface area contributed by atoms with Crippen LogP contribution in [-0.4, -0.2) is 4.98 Å². The van der Waals surface area contributed by atoms with E-state index in [1.165, 1.54) is 16.0 Å². The predicted octanol–water partition coefficient (Wildman–Crippen LogP) is 4.33. The molecule has 0 spiro atoms. The molecule has 0 fully saturated rings. The van der Waals surface area contributed by atoms with Gasteiger partial charge in [-0.25, -0.2) is 4.98 Å². The molecular formula is C15H19NOS2. The standard InChI is InChI=1S/C15H19NOS2/c1-4-13-14(9-18)19-15(16-13)8-17-12-6-10(2)5-11(3)7-12/h5-7,18H,4,8-9H2,1-3H3. The van der Waals surface area contributed by atoms with Gasteiger partial charge < -0.3 is 4.74 Å². The maximum atomic E-state index is 5.83. The molecule has 102 valence electrons. The number of hydrogen-bond donors (Lipinski definition) is 1. The Kier molecular flexibility index (Phi) is 4.88. The molecule has 0 radical (unpaired) electrons. The Labute approximate surface area is 124 Å². The molecule has 0 saturated carbocycles. The Hall–Kier alpha value is -1.00. The SMILES string of the molecule is CCc1nc(COc2cc(C)cc(C)c2)sc1CS. The monoisotopic (exact) mass is 293 g/mol. The first-order chi connectivity index (χ1) is 9.12. The minimum absolute atomic E-state index is 0.536. The van der Waals surface area contributed by atoms with Crippen LogP contribution in [0.5, 0.6) is 5.75 Å². The molecule has 0 amide bonds. The summed E-state index contributed by atoms with van der Waals surface area (Å²) >= 11 is 6.04. The van der Waals surface area contributed by atoms with E-state index in [1.54, 1.807) is 11.3 Å². The molecule has 19 heavy (non-hydrogen) atoms. The molecule has 0 bridgehead atoms. The molecule has 2 nitrogen and oxygen atoms in total. The third kappa shape index (κ3) is 3.74. The smallest absolute Gasteiger partial charge is 0.140 e. The van der Waals surface area contributed by atoms with Crippen molar-refractivity contribution >= 4 is 24.0 Å². The Morgan fingerprint density at radius 1 is 1.21 bits per heavy atom. The van der Waals surface area contributed by atoms with Crippen molar-refractivity contribution < 1.29 is 4.74 Å². The van der Waals surface area contributed by atoms with Crippen molar-refractivity contribution in [2.75, 3.05) is 0 Å². The zero-order chi connectivity index (χ0) is 13.8. The highest BCUT2D eigenvalue weighted by Crippen LogP contribution is 2.23. The van der Waals surface area contributed by atoms with Crippen LogP contribution < -0.4 is 4.74 Å². The number of thiazole rings is 1. The van der Waals surface area contributed by atoms with Gasteiger partial charge in [-0.2, -0.15) is 12.6 Å². The third-order valence-electron chi connectivity index (χ3n) is 2.86. The van der Waals surface area contributed by atoms with E-state index in [1.807, 2.05) is 0 Å². The first-order valence-corrected chi connectivity index (χ1v) is 7.86. The van der Waals surface area contributed by atoms with Crippen molar-refractivity contribution in [3.05, 3.63) is 44.9 Å². The summed E-state index contributed by atoms with van der Waals surface area (Å²) in [4.78, 5) is 5.86.